The van der Waals surface area contributed by atoms with Crippen molar-refractivity contribution in [3.63, 3.8) is 0 Å². The molecule has 0 saturated heterocycles. The average molecular weight is 396 g/mol. The highest BCUT2D eigenvalue weighted by Gasteiger charge is 2.22. The number of rotatable bonds is 6. The average Bonchev–Trinajstić information content (AvgIpc) is 2.79. The van der Waals surface area contributed by atoms with Gasteiger partial charge >= 0.3 is 0 Å². The van der Waals surface area contributed by atoms with Gasteiger partial charge < -0.3 is 10.1 Å². The summed E-state index contributed by atoms with van der Waals surface area (Å²) in [5.41, 5.74) is 3.26. The van der Waals surface area contributed by atoms with Crippen LogP contribution in [0, 0.1) is 6.92 Å². The van der Waals surface area contributed by atoms with E-state index in [1.54, 1.807) is 6.92 Å². The van der Waals surface area contributed by atoms with Crippen molar-refractivity contribution in [2.45, 2.75) is 26.0 Å². The van der Waals surface area contributed by atoms with Crippen molar-refractivity contribution in [1.29, 1.82) is 0 Å². The summed E-state index contributed by atoms with van der Waals surface area (Å²) in [5, 5.41) is 5.26. The van der Waals surface area contributed by atoms with Crippen molar-refractivity contribution >= 4 is 16.7 Å². The number of carbonyl (C=O) groups excluding carboxylic acids is 1. The number of ether oxygens (including phenoxy) is 1. The summed E-state index contributed by atoms with van der Waals surface area (Å²) in [6.07, 6.45) is -0.632. The number of aryl methyl sites for hydroxylation is 1. The number of nitrogens with one attached hydrogen (secondary N) is 1. The minimum atomic E-state index is -0.632. The molecule has 0 radical (unpaired) electrons. The quantitative estimate of drug-likeness (QED) is 0.447. The largest absolute Gasteiger partial charge is 0.480 e. The molecule has 0 fully saturated rings. The van der Waals surface area contributed by atoms with Crippen LogP contribution in [-0.4, -0.2) is 12.0 Å². The standard InChI is InChI=1S/C27H25NO2/c1-19-15-17-23(18-16-19)26(22-10-4-3-5-11-22)28-27(29)20(2)30-25-14-8-12-21-9-6-7-13-24(21)25/h3-18,20,26H,1-2H3,(H,28,29). The summed E-state index contributed by atoms with van der Waals surface area (Å²) >= 11 is 0. The zero-order chi connectivity index (χ0) is 20.9. The van der Waals surface area contributed by atoms with E-state index < -0.39 is 6.10 Å². The molecule has 4 aromatic rings. The molecule has 0 saturated carbocycles. The van der Waals surface area contributed by atoms with Crippen molar-refractivity contribution in [2.75, 3.05) is 0 Å². The highest BCUT2D eigenvalue weighted by Crippen LogP contribution is 2.27. The number of hydrogen-bond donors (Lipinski definition) is 1. The fourth-order valence-electron chi connectivity index (χ4n) is 3.57. The Kier molecular flexibility index (Phi) is 5.80. The minimum absolute atomic E-state index is 0.155. The van der Waals surface area contributed by atoms with Gasteiger partial charge in [-0.3, -0.25) is 4.79 Å². The highest BCUT2D eigenvalue weighted by molar-refractivity contribution is 5.89. The topological polar surface area (TPSA) is 38.3 Å². The Morgan fingerprint density at radius 1 is 0.767 bits per heavy atom. The molecule has 150 valence electrons. The fourth-order valence-corrected chi connectivity index (χ4v) is 3.57. The van der Waals surface area contributed by atoms with E-state index in [-0.39, 0.29) is 11.9 Å². The second-order valence-corrected chi connectivity index (χ2v) is 7.50. The van der Waals surface area contributed by atoms with E-state index in [9.17, 15) is 4.79 Å². The maximum absolute atomic E-state index is 13.1. The number of amides is 1. The van der Waals surface area contributed by atoms with Gasteiger partial charge in [-0.25, -0.2) is 0 Å². The summed E-state index contributed by atoms with van der Waals surface area (Å²) in [4.78, 5) is 13.1. The van der Waals surface area contributed by atoms with Crippen LogP contribution < -0.4 is 10.1 Å². The predicted octanol–water partition coefficient (Wildman–Crippen LogP) is 5.82. The van der Waals surface area contributed by atoms with Crippen LogP contribution in [0.15, 0.2) is 97.1 Å². The van der Waals surface area contributed by atoms with E-state index in [1.165, 1.54) is 5.56 Å². The summed E-state index contributed by atoms with van der Waals surface area (Å²) in [6, 6.07) is 31.9. The molecule has 0 heterocycles. The lowest BCUT2D eigenvalue weighted by Gasteiger charge is -2.23. The first-order valence-electron chi connectivity index (χ1n) is 10.2. The van der Waals surface area contributed by atoms with Crippen LogP contribution in [0.3, 0.4) is 0 Å². The highest BCUT2D eigenvalue weighted by atomic mass is 16.5. The summed E-state index contributed by atoms with van der Waals surface area (Å²) in [7, 11) is 0. The fraction of sp³-hybridized carbons (Fsp3) is 0.148. The normalized spacial score (nSPS) is 12.9. The van der Waals surface area contributed by atoms with Crippen LogP contribution in [0.2, 0.25) is 0 Å². The molecular formula is C27H25NO2. The Hall–Kier alpha value is -3.59. The van der Waals surface area contributed by atoms with Gasteiger partial charge in [0.05, 0.1) is 6.04 Å². The Morgan fingerprint density at radius 3 is 2.17 bits per heavy atom. The van der Waals surface area contributed by atoms with Crippen LogP contribution in [0.1, 0.15) is 29.7 Å². The number of hydrogen-bond acceptors (Lipinski definition) is 2. The molecule has 0 aliphatic carbocycles. The van der Waals surface area contributed by atoms with Crippen LogP contribution in [0.25, 0.3) is 10.8 Å². The molecule has 2 atom stereocenters. The lowest BCUT2D eigenvalue weighted by atomic mass is 9.97. The molecule has 0 aliphatic rings. The predicted molar refractivity (Wildman–Crippen MR) is 122 cm³/mol. The molecule has 0 aliphatic heterocycles. The number of carbonyl (C=O) groups is 1. The Bertz CT molecular complexity index is 1130. The first-order valence-corrected chi connectivity index (χ1v) is 10.2. The summed E-state index contributed by atoms with van der Waals surface area (Å²) < 4.78 is 6.07. The first kappa shape index (κ1) is 19.7. The third kappa shape index (κ3) is 4.36. The Balaban J connectivity index is 1.56. The van der Waals surface area contributed by atoms with Gasteiger partial charge in [-0.1, -0.05) is 96.6 Å². The molecule has 1 N–H and O–H groups in total. The van der Waals surface area contributed by atoms with Crippen molar-refractivity contribution in [3.05, 3.63) is 114 Å². The van der Waals surface area contributed by atoms with E-state index in [1.807, 2.05) is 72.8 Å². The zero-order valence-corrected chi connectivity index (χ0v) is 17.2. The molecule has 0 aromatic heterocycles. The first-order chi connectivity index (χ1) is 14.6. The minimum Gasteiger partial charge on any atom is -0.480 e. The van der Waals surface area contributed by atoms with E-state index in [0.29, 0.717) is 5.75 Å². The molecule has 4 aromatic carbocycles. The van der Waals surface area contributed by atoms with Crippen molar-refractivity contribution in [3.8, 4) is 5.75 Å². The monoisotopic (exact) mass is 395 g/mol. The van der Waals surface area contributed by atoms with Crippen molar-refractivity contribution in [2.24, 2.45) is 0 Å². The van der Waals surface area contributed by atoms with Gasteiger partial charge in [-0.05, 0) is 36.4 Å². The summed E-state index contributed by atoms with van der Waals surface area (Å²) in [6.45, 7) is 3.84. The third-order valence-corrected chi connectivity index (χ3v) is 5.25. The van der Waals surface area contributed by atoms with Crippen LogP contribution in [-0.2, 0) is 4.79 Å². The van der Waals surface area contributed by atoms with E-state index in [0.717, 1.165) is 21.9 Å². The molecule has 3 heteroatoms. The van der Waals surface area contributed by atoms with E-state index in [4.69, 9.17) is 4.74 Å². The smallest absolute Gasteiger partial charge is 0.261 e. The maximum Gasteiger partial charge on any atom is 0.261 e. The van der Waals surface area contributed by atoms with Crippen LogP contribution in [0.5, 0.6) is 5.75 Å². The Labute approximate surface area is 177 Å². The SMILES string of the molecule is Cc1ccc(C(NC(=O)C(C)Oc2cccc3ccccc23)c2ccccc2)cc1. The lowest BCUT2D eigenvalue weighted by Crippen LogP contribution is -2.39. The second-order valence-electron chi connectivity index (χ2n) is 7.50. The molecule has 2 unspecified atom stereocenters. The molecule has 30 heavy (non-hydrogen) atoms. The molecular weight excluding hydrogens is 370 g/mol. The maximum atomic E-state index is 13.1. The molecule has 3 nitrogen and oxygen atoms in total. The molecule has 4 rings (SSSR count). The van der Waals surface area contributed by atoms with Gasteiger partial charge in [0.2, 0.25) is 0 Å². The number of fused-ring (bicyclic) bond motifs is 1. The number of benzene rings is 4. The van der Waals surface area contributed by atoms with Crippen molar-refractivity contribution < 1.29 is 9.53 Å². The van der Waals surface area contributed by atoms with Gasteiger partial charge in [0, 0.05) is 5.39 Å². The van der Waals surface area contributed by atoms with Gasteiger partial charge in [0.15, 0.2) is 6.10 Å². The van der Waals surface area contributed by atoms with Crippen LogP contribution >= 0.6 is 0 Å². The Morgan fingerprint density at radius 2 is 1.40 bits per heavy atom. The van der Waals surface area contributed by atoms with Gasteiger partial charge in [0.1, 0.15) is 5.75 Å². The third-order valence-electron chi connectivity index (χ3n) is 5.25. The van der Waals surface area contributed by atoms with Crippen LogP contribution in [0.4, 0.5) is 0 Å². The van der Waals surface area contributed by atoms with E-state index in [2.05, 4.69) is 36.5 Å². The lowest BCUT2D eigenvalue weighted by molar-refractivity contribution is -0.127. The molecule has 0 bridgehead atoms. The second kappa shape index (κ2) is 8.83. The zero-order valence-electron chi connectivity index (χ0n) is 17.2. The molecule has 1 amide bonds. The van der Waals surface area contributed by atoms with Gasteiger partial charge in [-0.2, -0.15) is 0 Å². The van der Waals surface area contributed by atoms with Gasteiger partial charge in [-0.15, -0.1) is 0 Å². The molecule has 0 spiro atoms. The summed E-state index contributed by atoms with van der Waals surface area (Å²) in [5.74, 6) is 0.555. The van der Waals surface area contributed by atoms with Gasteiger partial charge in [0.25, 0.3) is 5.91 Å². The van der Waals surface area contributed by atoms with Crippen molar-refractivity contribution in [1.82, 2.24) is 5.32 Å². The van der Waals surface area contributed by atoms with E-state index >= 15 is 0 Å².